The maximum absolute atomic E-state index is 13.4. The Hall–Kier alpha value is -3.01. The van der Waals surface area contributed by atoms with Gasteiger partial charge in [-0.1, -0.05) is 29.5 Å². The van der Waals surface area contributed by atoms with Gasteiger partial charge >= 0.3 is 5.97 Å². The van der Waals surface area contributed by atoms with Crippen LogP contribution in [0.25, 0.3) is 6.08 Å². The first-order valence-electron chi connectivity index (χ1n) is 9.89. The van der Waals surface area contributed by atoms with Gasteiger partial charge in [0, 0.05) is 12.0 Å². The number of benzene rings is 1. The Morgan fingerprint density at radius 2 is 1.97 bits per heavy atom. The molecule has 9 heteroatoms. The van der Waals surface area contributed by atoms with Gasteiger partial charge < -0.3 is 14.2 Å². The van der Waals surface area contributed by atoms with E-state index in [1.54, 1.807) is 25.7 Å². The van der Waals surface area contributed by atoms with Crippen molar-refractivity contribution >= 4 is 34.7 Å². The number of hydrogen-bond acceptors (Lipinski definition) is 8. The number of carbonyl (C=O) groups excluding carboxylic acids is 1. The third-order valence-electron chi connectivity index (χ3n) is 4.99. The summed E-state index contributed by atoms with van der Waals surface area (Å²) in [4.78, 5) is 32.4. The highest BCUT2D eigenvalue weighted by atomic mass is 32.1. The normalized spacial score (nSPS) is 16.0. The molecule has 0 spiro atoms. The molecule has 0 N–H and O–H groups in total. The van der Waals surface area contributed by atoms with Crippen molar-refractivity contribution in [3.8, 4) is 5.75 Å². The van der Waals surface area contributed by atoms with Crippen molar-refractivity contribution in [3.05, 3.63) is 83.2 Å². The van der Waals surface area contributed by atoms with Gasteiger partial charge in [0.25, 0.3) is 5.56 Å². The predicted molar refractivity (Wildman–Crippen MR) is 124 cm³/mol. The van der Waals surface area contributed by atoms with Crippen LogP contribution in [-0.2, 0) is 14.3 Å². The van der Waals surface area contributed by atoms with Crippen LogP contribution in [0.5, 0.6) is 5.75 Å². The average Bonchev–Trinajstić information content (AvgIpc) is 3.42. The van der Waals surface area contributed by atoms with Gasteiger partial charge in [-0.15, -0.1) is 11.3 Å². The molecular weight excluding hydrogens is 448 g/mol. The van der Waals surface area contributed by atoms with Crippen molar-refractivity contribution in [3.63, 3.8) is 0 Å². The summed E-state index contributed by atoms with van der Waals surface area (Å²) in [5.74, 6) is 0.250. The van der Waals surface area contributed by atoms with Crippen molar-refractivity contribution in [2.45, 2.75) is 13.0 Å². The molecule has 0 fully saturated rings. The van der Waals surface area contributed by atoms with Crippen molar-refractivity contribution in [1.29, 1.82) is 0 Å². The van der Waals surface area contributed by atoms with Crippen LogP contribution in [-0.4, -0.2) is 38.0 Å². The molecule has 0 saturated heterocycles. The molecule has 1 aliphatic rings. The maximum Gasteiger partial charge on any atom is 0.338 e. The first-order chi connectivity index (χ1) is 15.5. The van der Waals surface area contributed by atoms with Gasteiger partial charge in [0.05, 0.1) is 29.5 Å². The Balaban J connectivity index is 1.82. The summed E-state index contributed by atoms with van der Waals surface area (Å²) in [6.45, 7) is 2.20. The zero-order valence-corrected chi connectivity index (χ0v) is 19.5. The summed E-state index contributed by atoms with van der Waals surface area (Å²) >= 11 is 2.79. The summed E-state index contributed by atoms with van der Waals surface area (Å²) in [6.07, 6.45) is 1.82. The largest absolute Gasteiger partial charge is 0.497 e. The summed E-state index contributed by atoms with van der Waals surface area (Å²) in [5.41, 5.74) is 1.59. The lowest BCUT2D eigenvalue weighted by molar-refractivity contribution is -0.140. The first-order valence-corrected chi connectivity index (χ1v) is 11.6. The fourth-order valence-corrected chi connectivity index (χ4v) is 5.32. The van der Waals surface area contributed by atoms with Gasteiger partial charge in [-0.25, -0.2) is 9.79 Å². The minimum absolute atomic E-state index is 0.130. The molecule has 1 aliphatic heterocycles. The Bertz CT molecular complexity index is 1320. The molecule has 1 unspecified atom stereocenters. The third-order valence-corrected chi connectivity index (χ3v) is 6.90. The number of fused-ring (bicyclic) bond motifs is 1. The van der Waals surface area contributed by atoms with Crippen LogP contribution < -0.4 is 19.6 Å². The number of nitrogens with zero attached hydrogens (tertiary/aromatic N) is 2. The lowest BCUT2D eigenvalue weighted by Gasteiger charge is -2.23. The molecule has 0 saturated carbocycles. The second-order valence-corrected chi connectivity index (χ2v) is 8.99. The molecular formula is C23H22N2O5S2. The number of thiophene rings is 1. The van der Waals surface area contributed by atoms with E-state index in [1.165, 1.54) is 22.7 Å². The van der Waals surface area contributed by atoms with E-state index < -0.39 is 12.0 Å². The van der Waals surface area contributed by atoms with Crippen LogP contribution >= 0.6 is 22.7 Å². The van der Waals surface area contributed by atoms with E-state index in [1.807, 2.05) is 47.9 Å². The van der Waals surface area contributed by atoms with Crippen molar-refractivity contribution in [2.75, 3.05) is 27.4 Å². The fourth-order valence-electron chi connectivity index (χ4n) is 3.45. The molecule has 2 aromatic heterocycles. The third kappa shape index (κ3) is 4.32. The lowest BCUT2D eigenvalue weighted by atomic mass is 10.0. The van der Waals surface area contributed by atoms with E-state index >= 15 is 0 Å². The molecule has 1 aromatic carbocycles. The summed E-state index contributed by atoms with van der Waals surface area (Å²) in [6, 6.07) is 10.7. The van der Waals surface area contributed by atoms with Crippen LogP contribution in [0.4, 0.5) is 0 Å². The highest BCUT2D eigenvalue weighted by Crippen LogP contribution is 2.33. The van der Waals surface area contributed by atoms with E-state index in [4.69, 9.17) is 14.2 Å². The van der Waals surface area contributed by atoms with Crippen LogP contribution in [0.15, 0.2) is 62.8 Å². The minimum atomic E-state index is -0.584. The average molecular weight is 471 g/mol. The summed E-state index contributed by atoms with van der Waals surface area (Å²) in [7, 11) is 3.15. The zero-order valence-electron chi connectivity index (χ0n) is 17.9. The van der Waals surface area contributed by atoms with E-state index in [0.29, 0.717) is 27.2 Å². The Morgan fingerprint density at radius 3 is 2.62 bits per heavy atom. The molecule has 0 radical (unpaired) electrons. The van der Waals surface area contributed by atoms with Gasteiger partial charge in [0.15, 0.2) is 4.80 Å². The van der Waals surface area contributed by atoms with Crippen molar-refractivity contribution in [1.82, 2.24) is 4.57 Å². The molecule has 0 aliphatic carbocycles. The smallest absolute Gasteiger partial charge is 0.338 e. The molecule has 0 amide bonds. The number of ether oxygens (including phenoxy) is 3. The number of hydrogen-bond donors (Lipinski definition) is 0. The van der Waals surface area contributed by atoms with E-state index in [9.17, 15) is 9.59 Å². The second kappa shape index (κ2) is 9.64. The maximum atomic E-state index is 13.4. The van der Waals surface area contributed by atoms with Crippen LogP contribution in [0, 0.1) is 0 Å². The Labute approximate surface area is 192 Å². The summed E-state index contributed by atoms with van der Waals surface area (Å²) in [5, 5.41) is 1.92. The highest BCUT2D eigenvalue weighted by Gasteiger charge is 2.33. The fraction of sp³-hybridized carbons (Fsp3) is 0.261. The van der Waals surface area contributed by atoms with Crippen molar-refractivity contribution < 1.29 is 19.0 Å². The monoisotopic (exact) mass is 470 g/mol. The van der Waals surface area contributed by atoms with Gasteiger partial charge in [0.2, 0.25) is 0 Å². The predicted octanol–water partition coefficient (Wildman–Crippen LogP) is 2.49. The Morgan fingerprint density at radius 1 is 1.19 bits per heavy atom. The molecule has 32 heavy (non-hydrogen) atoms. The van der Waals surface area contributed by atoms with Gasteiger partial charge in [-0.2, -0.15) is 0 Å². The van der Waals surface area contributed by atoms with Crippen LogP contribution in [0.3, 0.4) is 0 Å². The highest BCUT2D eigenvalue weighted by molar-refractivity contribution is 7.10. The number of esters is 1. The quantitative estimate of drug-likeness (QED) is 0.392. The van der Waals surface area contributed by atoms with E-state index in [0.717, 1.165) is 16.2 Å². The zero-order chi connectivity index (χ0) is 22.7. The molecule has 3 heterocycles. The van der Waals surface area contributed by atoms with Crippen LogP contribution in [0.2, 0.25) is 0 Å². The van der Waals surface area contributed by atoms with Gasteiger partial charge in [-0.3, -0.25) is 9.36 Å². The van der Waals surface area contributed by atoms with E-state index in [-0.39, 0.29) is 12.2 Å². The summed E-state index contributed by atoms with van der Waals surface area (Å²) < 4.78 is 17.7. The number of methoxy groups -OCH3 is 2. The second-order valence-electron chi connectivity index (χ2n) is 7.00. The van der Waals surface area contributed by atoms with Gasteiger partial charge in [-0.05, 0) is 42.1 Å². The number of rotatable bonds is 7. The SMILES string of the molecule is COCCOC(=O)C1=C(C)N=c2s/c(=C/c3ccc(OC)cc3)c(=O)n2C1c1cccs1. The minimum Gasteiger partial charge on any atom is -0.497 e. The topological polar surface area (TPSA) is 79.1 Å². The number of thiazole rings is 1. The number of aromatic nitrogens is 1. The lowest BCUT2D eigenvalue weighted by Crippen LogP contribution is -2.39. The molecule has 166 valence electrons. The standard InChI is InChI=1S/C23H22N2O5S2/c1-14-19(22(27)30-11-10-28-2)20(17-5-4-12-31-17)25-21(26)18(32-23(25)24-14)13-15-6-8-16(29-3)9-7-15/h4-9,12-13,20H,10-11H2,1-3H3/b18-13+. The first kappa shape index (κ1) is 22.2. The molecule has 0 bridgehead atoms. The number of carbonyl (C=O) groups is 1. The van der Waals surface area contributed by atoms with E-state index in [2.05, 4.69) is 4.99 Å². The van der Waals surface area contributed by atoms with Gasteiger partial charge in [0.1, 0.15) is 18.4 Å². The van der Waals surface area contributed by atoms with Crippen molar-refractivity contribution in [2.24, 2.45) is 4.99 Å². The molecule has 4 rings (SSSR count). The van der Waals surface area contributed by atoms with Crippen LogP contribution in [0.1, 0.15) is 23.4 Å². The molecule has 7 nitrogen and oxygen atoms in total. The molecule has 1 atom stereocenters. The molecule has 3 aromatic rings. The number of allylic oxidation sites excluding steroid dienone is 1. The Kier molecular flexibility index (Phi) is 6.69.